The fourth-order valence-corrected chi connectivity index (χ4v) is 3.80. The molecule has 1 aromatic carbocycles. The molecule has 0 spiro atoms. The van der Waals surface area contributed by atoms with Gasteiger partial charge in [0.25, 0.3) is 0 Å². The zero-order valence-corrected chi connectivity index (χ0v) is 16.0. The SMILES string of the molecule is COc1ccccc1CN1CCN(C(=O)NCCN2CCCCC2)CC1. The van der Waals surface area contributed by atoms with Gasteiger partial charge in [-0.05, 0) is 32.0 Å². The van der Waals surface area contributed by atoms with Gasteiger partial charge in [-0.2, -0.15) is 0 Å². The van der Waals surface area contributed by atoms with Crippen molar-refractivity contribution in [1.82, 2.24) is 20.0 Å². The molecule has 3 rings (SSSR count). The Morgan fingerprint density at radius 1 is 1.00 bits per heavy atom. The summed E-state index contributed by atoms with van der Waals surface area (Å²) in [5.41, 5.74) is 1.20. The molecule has 0 unspecified atom stereocenters. The Morgan fingerprint density at radius 3 is 2.46 bits per heavy atom. The predicted molar refractivity (Wildman–Crippen MR) is 104 cm³/mol. The number of carbonyl (C=O) groups excluding carboxylic acids is 1. The number of para-hydroxylation sites is 1. The summed E-state index contributed by atoms with van der Waals surface area (Å²) in [5, 5.41) is 3.09. The number of urea groups is 1. The molecule has 2 aliphatic rings. The van der Waals surface area contributed by atoms with E-state index in [1.807, 2.05) is 23.1 Å². The van der Waals surface area contributed by atoms with E-state index >= 15 is 0 Å². The van der Waals surface area contributed by atoms with Gasteiger partial charge in [0.2, 0.25) is 0 Å². The van der Waals surface area contributed by atoms with Gasteiger partial charge >= 0.3 is 6.03 Å². The van der Waals surface area contributed by atoms with E-state index < -0.39 is 0 Å². The Labute approximate surface area is 157 Å². The summed E-state index contributed by atoms with van der Waals surface area (Å²) in [6, 6.07) is 8.23. The Bertz CT molecular complexity index is 567. The van der Waals surface area contributed by atoms with E-state index in [-0.39, 0.29) is 6.03 Å². The maximum Gasteiger partial charge on any atom is 0.317 e. The van der Waals surface area contributed by atoms with Crippen LogP contribution in [0.5, 0.6) is 5.75 Å². The molecule has 0 aliphatic carbocycles. The van der Waals surface area contributed by atoms with Crippen LogP contribution < -0.4 is 10.1 Å². The van der Waals surface area contributed by atoms with E-state index in [0.717, 1.165) is 51.6 Å². The molecule has 2 amide bonds. The highest BCUT2D eigenvalue weighted by Gasteiger charge is 2.21. The molecular weight excluding hydrogens is 328 g/mol. The summed E-state index contributed by atoms with van der Waals surface area (Å²) in [7, 11) is 1.71. The maximum absolute atomic E-state index is 12.4. The largest absolute Gasteiger partial charge is 0.496 e. The molecule has 0 bridgehead atoms. The molecule has 2 fully saturated rings. The summed E-state index contributed by atoms with van der Waals surface area (Å²) in [6.45, 7) is 8.31. The summed E-state index contributed by atoms with van der Waals surface area (Å²) >= 11 is 0. The Balaban J connectivity index is 1.36. The number of nitrogens with zero attached hydrogens (tertiary/aromatic N) is 3. The summed E-state index contributed by atoms with van der Waals surface area (Å²) in [5.74, 6) is 0.936. The highest BCUT2D eigenvalue weighted by Crippen LogP contribution is 2.19. The third kappa shape index (κ3) is 5.35. The fourth-order valence-electron chi connectivity index (χ4n) is 3.80. The second kappa shape index (κ2) is 9.78. The van der Waals surface area contributed by atoms with Crippen LogP contribution in [0, 0.1) is 0 Å². The first kappa shape index (κ1) is 19.0. The first-order chi connectivity index (χ1) is 12.8. The number of likely N-dealkylation sites (tertiary alicyclic amines) is 1. The number of nitrogens with one attached hydrogen (secondary N) is 1. The van der Waals surface area contributed by atoms with Crippen molar-refractivity contribution in [1.29, 1.82) is 0 Å². The highest BCUT2D eigenvalue weighted by atomic mass is 16.5. The molecule has 0 atom stereocenters. The summed E-state index contributed by atoms with van der Waals surface area (Å²) < 4.78 is 5.44. The quantitative estimate of drug-likeness (QED) is 0.843. The topological polar surface area (TPSA) is 48.1 Å². The molecule has 6 nitrogen and oxygen atoms in total. The minimum Gasteiger partial charge on any atom is -0.496 e. The van der Waals surface area contributed by atoms with Crippen molar-refractivity contribution in [2.24, 2.45) is 0 Å². The molecule has 2 saturated heterocycles. The van der Waals surface area contributed by atoms with Gasteiger partial charge in [-0.3, -0.25) is 4.90 Å². The van der Waals surface area contributed by atoms with E-state index in [0.29, 0.717) is 0 Å². The van der Waals surface area contributed by atoms with Gasteiger partial charge in [-0.1, -0.05) is 24.6 Å². The molecule has 0 radical (unpaired) electrons. The van der Waals surface area contributed by atoms with Crippen LogP contribution in [0.25, 0.3) is 0 Å². The third-order valence-corrected chi connectivity index (χ3v) is 5.40. The van der Waals surface area contributed by atoms with E-state index in [1.165, 1.54) is 37.9 Å². The van der Waals surface area contributed by atoms with Crippen LogP contribution in [-0.4, -0.2) is 80.2 Å². The van der Waals surface area contributed by atoms with E-state index in [1.54, 1.807) is 7.11 Å². The molecule has 26 heavy (non-hydrogen) atoms. The lowest BCUT2D eigenvalue weighted by Gasteiger charge is -2.35. The molecule has 2 aliphatic heterocycles. The molecule has 6 heteroatoms. The van der Waals surface area contributed by atoms with Crippen LogP contribution in [0.2, 0.25) is 0 Å². The van der Waals surface area contributed by atoms with Gasteiger partial charge in [-0.15, -0.1) is 0 Å². The number of piperidine rings is 1. The Morgan fingerprint density at radius 2 is 1.73 bits per heavy atom. The van der Waals surface area contributed by atoms with Crippen LogP contribution in [0.3, 0.4) is 0 Å². The summed E-state index contributed by atoms with van der Waals surface area (Å²) in [6.07, 6.45) is 3.94. The van der Waals surface area contributed by atoms with Gasteiger partial charge in [0.15, 0.2) is 0 Å². The van der Waals surface area contributed by atoms with Gasteiger partial charge < -0.3 is 19.9 Å². The number of amides is 2. The zero-order valence-electron chi connectivity index (χ0n) is 16.0. The second-order valence-electron chi connectivity index (χ2n) is 7.21. The van der Waals surface area contributed by atoms with Crippen molar-refractivity contribution in [3.8, 4) is 5.75 Å². The lowest BCUT2D eigenvalue weighted by atomic mass is 10.1. The molecule has 1 N–H and O–H groups in total. The summed E-state index contributed by atoms with van der Waals surface area (Å²) in [4.78, 5) is 19.1. The van der Waals surface area contributed by atoms with Crippen LogP contribution in [0.1, 0.15) is 24.8 Å². The molecule has 0 saturated carbocycles. The minimum atomic E-state index is 0.0824. The van der Waals surface area contributed by atoms with Crippen LogP contribution in [-0.2, 0) is 6.54 Å². The maximum atomic E-state index is 12.4. The number of methoxy groups -OCH3 is 1. The van der Waals surface area contributed by atoms with Gasteiger partial charge in [0.1, 0.15) is 5.75 Å². The van der Waals surface area contributed by atoms with Crippen molar-refractivity contribution in [3.63, 3.8) is 0 Å². The van der Waals surface area contributed by atoms with Crippen LogP contribution in [0.4, 0.5) is 4.79 Å². The number of rotatable bonds is 6. The number of ether oxygens (including phenoxy) is 1. The van der Waals surface area contributed by atoms with Gasteiger partial charge in [0, 0.05) is 51.4 Å². The Kier molecular flexibility index (Phi) is 7.14. The first-order valence-corrected chi connectivity index (χ1v) is 9.85. The van der Waals surface area contributed by atoms with Gasteiger partial charge in [-0.25, -0.2) is 4.79 Å². The van der Waals surface area contributed by atoms with Crippen molar-refractivity contribution < 1.29 is 9.53 Å². The average Bonchev–Trinajstić information content (AvgIpc) is 2.70. The predicted octanol–water partition coefficient (Wildman–Crippen LogP) is 2.01. The number of benzene rings is 1. The average molecular weight is 361 g/mol. The number of carbonyl (C=O) groups is 1. The second-order valence-corrected chi connectivity index (χ2v) is 7.21. The Hall–Kier alpha value is -1.79. The van der Waals surface area contributed by atoms with E-state index in [9.17, 15) is 4.79 Å². The van der Waals surface area contributed by atoms with Crippen molar-refractivity contribution in [2.75, 3.05) is 59.5 Å². The molecule has 1 aromatic rings. The van der Waals surface area contributed by atoms with E-state index in [2.05, 4.69) is 21.2 Å². The molecule has 144 valence electrons. The monoisotopic (exact) mass is 360 g/mol. The molecule has 0 aromatic heterocycles. The molecule has 2 heterocycles. The van der Waals surface area contributed by atoms with Crippen LogP contribution in [0.15, 0.2) is 24.3 Å². The van der Waals surface area contributed by atoms with Gasteiger partial charge in [0.05, 0.1) is 7.11 Å². The normalized spacial score (nSPS) is 19.3. The number of piperazine rings is 1. The van der Waals surface area contributed by atoms with Crippen molar-refractivity contribution in [3.05, 3.63) is 29.8 Å². The lowest BCUT2D eigenvalue weighted by molar-refractivity contribution is 0.133. The number of hydrogen-bond acceptors (Lipinski definition) is 4. The fraction of sp³-hybridized carbons (Fsp3) is 0.650. The smallest absolute Gasteiger partial charge is 0.317 e. The lowest BCUT2D eigenvalue weighted by Crippen LogP contribution is -2.52. The molecular formula is C20H32N4O2. The van der Waals surface area contributed by atoms with Crippen LogP contribution >= 0.6 is 0 Å². The number of hydrogen-bond donors (Lipinski definition) is 1. The van der Waals surface area contributed by atoms with Crippen molar-refractivity contribution in [2.45, 2.75) is 25.8 Å². The van der Waals surface area contributed by atoms with Crippen molar-refractivity contribution >= 4 is 6.03 Å². The third-order valence-electron chi connectivity index (χ3n) is 5.40. The highest BCUT2D eigenvalue weighted by molar-refractivity contribution is 5.74. The van der Waals surface area contributed by atoms with E-state index in [4.69, 9.17) is 4.74 Å². The standard InChI is InChI=1S/C20H32N4O2/c1-26-19-8-4-3-7-18(19)17-23-13-15-24(16-14-23)20(25)21-9-12-22-10-5-2-6-11-22/h3-4,7-8H,2,5-6,9-17H2,1H3,(H,21,25). The first-order valence-electron chi connectivity index (χ1n) is 9.85. The zero-order chi connectivity index (χ0) is 18.2. The minimum absolute atomic E-state index is 0.0824.